The van der Waals surface area contributed by atoms with Crippen LogP contribution in [0.3, 0.4) is 0 Å². The number of nitrogens with one attached hydrogen (secondary N) is 2. The largest absolute Gasteiger partial charge is 0.497 e. The van der Waals surface area contributed by atoms with Crippen molar-refractivity contribution in [1.29, 1.82) is 5.41 Å². The molecule has 0 spiro atoms. The SMILES string of the molecule is COc1ccc(C2=NN(C(=N)NS(=O)(=O)c3ccc(OC)cc3)CC2c2ccc(OC)cc2)cc1. The van der Waals surface area contributed by atoms with Gasteiger partial charge in [-0.15, -0.1) is 0 Å². The molecule has 1 unspecified atom stereocenters. The summed E-state index contributed by atoms with van der Waals surface area (Å²) in [6.07, 6.45) is 0. The number of hydrazone groups is 1. The maximum Gasteiger partial charge on any atom is 0.264 e. The Morgan fingerprint density at radius 2 is 1.34 bits per heavy atom. The zero-order chi connectivity index (χ0) is 25.0. The Bertz CT molecular complexity index is 1320. The molecule has 9 nitrogen and oxygen atoms in total. The van der Waals surface area contributed by atoms with Crippen LogP contribution in [-0.2, 0) is 10.0 Å². The van der Waals surface area contributed by atoms with Crippen LogP contribution in [0.2, 0.25) is 0 Å². The van der Waals surface area contributed by atoms with Crippen molar-refractivity contribution < 1.29 is 22.6 Å². The minimum Gasteiger partial charge on any atom is -0.497 e. The van der Waals surface area contributed by atoms with Crippen LogP contribution in [-0.4, -0.2) is 53.0 Å². The van der Waals surface area contributed by atoms with E-state index in [9.17, 15) is 8.42 Å². The van der Waals surface area contributed by atoms with Crippen LogP contribution in [0, 0.1) is 5.41 Å². The molecule has 2 N–H and O–H groups in total. The summed E-state index contributed by atoms with van der Waals surface area (Å²) in [6.45, 7) is 0.289. The van der Waals surface area contributed by atoms with Crippen molar-refractivity contribution in [2.75, 3.05) is 27.9 Å². The van der Waals surface area contributed by atoms with Gasteiger partial charge in [-0.2, -0.15) is 5.10 Å². The predicted molar refractivity (Wildman–Crippen MR) is 133 cm³/mol. The lowest BCUT2D eigenvalue weighted by molar-refractivity contribution is 0.414. The van der Waals surface area contributed by atoms with E-state index >= 15 is 0 Å². The summed E-state index contributed by atoms with van der Waals surface area (Å²) in [6, 6.07) is 21.0. The maximum absolute atomic E-state index is 12.8. The number of guanidine groups is 1. The van der Waals surface area contributed by atoms with Gasteiger partial charge in [-0.05, 0) is 71.8 Å². The second kappa shape index (κ2) is 10.1. The fourth-order valence-corrected chi connectivity index (χ4v) is 4.73. The molecule has 1 aliphatic heterocycles. The molecule has 182 valence electrons. The summed E-state index contributed by atoms with van der Waals surface area (Å²) in [4.78, 5) is 0.0216. The number of rotatable bonds is 7. The van der Waals surface area contributed by atoms with Crippen molar-refractivity contribution >= 4 is 21.7 Å². The van der Waals surface area contributed by atoms with Crippen LogP contribution in [0.1, 0.15) is 17.0 Å². The lowest BCUT2D eigenvalue weighted by Crippen LogP contribution is -2.40. The number of nitrogens with zero attached hydrogens (tertiary/aromatic N) is 2. The van der Waals surface area contributed by atoms with Gasteiger partial charge >= 0.3 is 0 Å². The number of hydrogen-bond acceptors (Lipinski definition) is 7. The number of sulfonamides is 1. The second-order valence-corrected chi connectivity index (χ2v) is 9.43. The maximum atomic E-state index is 12.8. The minimum absolute atomic E-state index is 0.0216. The molecule has 1 atom stereocenters. The van der Waals surface area contributed by atoms with Gasteiger partial charge in [0.1, 0.15) is 17.2 Å². The molecule has 4 rings (SSSR count). The molecule has 0 amide bonds. The first-order chi connectivity index (χ1) is 16.8. The Kier molecular flexibility index (Phi) is 6.92. The summed E-state index contributed by atoms with van der Waals surface area (Å²) in [7, 11) is 0.726. The van der Waals surface area contributed by atoms with Gasteiger partial charge in [0, 0.05) is 5.92 Å². The molecular formula is C25H26N4O5S. The topological polar surface area (TPSA) is 113 Å². The van der Waals surface area contributed by atoms with Crippen molar-refractivity contribution in [2.45, 2.75) is 10.8 Å². The molecule has 0 bridgehead atoms. The third-order valence-corrected chi connectivity index (χ3v) is 7.03. The number of methoxy groups -OCH3 is 3. The highest BCUT2D eigenvalue weighted by atomic mass is 32.2. The molecule has 1 heterocycles. The fraction of sp³-hybridized carbons (Fsp3) is 0.200. The summed E-state index contributed by atoms with van der Waals surface area (Å²) < 4.78 is 43.6. The Labute approximate surface area is 204 Å². The summed E-state index contributed by atoms with van der Waals surface area (Å²) >= 11 is 0. The normalized spacial score (nSPS) is 15.3. The molecule has 1 aliphatic rings. The first-order valence-electron chi connectivity index (χ1n) is 10.7. The average Bonchev–Trinajstić information content (AvgIpc) is 3.34. The molecule has 0 radical (unpaired) electrons. The van der Waals surface area contributed by atoms with Crippen molar-refractivity contribution in [3.05, 3.63) is 83.9 Å². The lowest BCUT2D eigenvalue weighted by atomic mass is 9.90. The van der Waals surface area contributed by atoms with Crippen LogP contribution < -0.4 is 18.9 Å². The number of benzene rings is 3. The molecule has 0 aliphatic carbocycles. The smallest absolute Gasteiger partial charge is 0.264 e. The highest BCUT2D eigenvalue weighted by Crippen LogP contribution is 2.31. The molecule has 3 aromatic carbocycles. The van der Waals surface area contributed by atoms with Gasteiger partial charge in [-0.1, -0.05) is 12.1 Å². The van der Waals surface area contributed by atoms with Gasteiger partial charge < -0.3 is 14.2 Å². The average molecular weight is 495 g/mol. The van der Waals surface area contributed by atoms with E-state index in [0.29, 0.717) is 17.2 Å². The monoisotopic (exact) mass is 494 g/mol. The minimum atomic E-state index is -3.98. The molecule has 0 fully saturated rings. The third-order valence-electron chi connectivity index (χ3n) is 5.68. The molecule has 10 heteroatoms. The Hall–Kier alpha value is -4.05. The highest BCUT2D eigenvalue weighted by Gasteiger charge is 2.32. The van der Waals surface area contributed by atoms with Gasteiger partial charge in [0.2, 0.25) is 5.96 Å². The van der Waals surface area contributed by atoms with Crippen molar-refractivity contribution in [1.82, 2.24) is 9.73 Å². The molecule has 3 aromatic rings. The van der Waals surface area contributed by atoms with Crippen LogP contribution in [0.15, 0.2) is 82.8 Å². The first-order valence-corrected chi connectivity index (χ1v) is 12.2. The first kappa shape index (κ1) is 24.1. The predicted octanol–water partition coefficient (Wildman–Crippen LogP) is 3.43. The van der Waals surface area contributed by atoms with E-state index in [-0.39, 0.29) is 23.3 Å². The number of hydrogen-bond donors (Lipinski definition) is 2. The zero-order valence-corrected chi connectivity index (χ0v) is 20.4. The van der Waals surface area contributed by atoms with Gasteiger partial charge in [0.05, 0.1) is 38.5 Å². The Morgan fingerprint density at radius 3 is 1.86 bits per heavy atom. The van der Waals surface area contributed by atoms with E-state index in [1.165, 1.54) is 24.3 Å². The Morgan fingerprint density at radius 1 is 0.857 bits per heavy atom. The lowest BCUT2D eigenvalue weighted by Gasteiger charge is -2.18. The van der Waals surface area contributed by atoms with Crippen LogP contribution in [0.4, 0.5) is 0 Å². The van der Waals surface area contributed by atoms with Crippen molar-refractivity contribution in [3.63, 3.8) is 0 Å². The van der Waals surface area contributed by atoms with Crippen molar-refractivity contribution in [3.8, 4) is 17.2 Å². The summed E-state index contributed by atoms with van der Waals surface area (Å²) in [5.74, 6) is 1.44. The van der Waals surface area contributed by atoms with E-state index in [2.05, 4.69) is 9.82 Å². The van der Waals surface area contributed by atoms with E-state index in [1.807, 2.05) is 48.5 Å². The quantitative estimate of drug-likeness (QED) is 0.384. The van der Waals surface area contributed by atoms with Gasteiger partial charge in [0.25, 0.3) is 10.0 Å². The second-order valence-electron chi connectivity index (χ2n) is 7.75. The number of ether oxygens (including phenoxy) is 3. The van der Waals surface area contributed by atoms with E-state index < -0.39 is 10.0 Å². The van der Waals surface area contributed by atoms with Gasteiger partial charge in [-0.25, -0.2) is 18.1 Å². The molecular weight excluding hydrogens is 468 g/mol. The fourth-order valence-electron chi connectivity index (χ4n) is 3.76. The standard InChI is InChI=1S/C25H26N4O5S/c1-32-19-8-4-17(5-9-19)23-16-29(27-24(23)18-6-10-20(33-2)11-7-18)25(26)28-35(30,31)22-14-12-21(34-3)13-15-22/h4-15,23H,16H2,1-3H3,(H2,26,28). The van der Waals surface area contributed by atoms with Gasteiger partial charge in [-0.3, -0.25) is 5.41 Å². The Balaban J connectivity index is 1.62. The molecule has 0 aromatic heterocycles. The van der Waals surface area contributed by atoms with E-state index in [0.717, 1.165) is 16.9 Å². The van der Waals surface area contributed by atoms with Gasteiger partial charge in [0.15, 0.2) is 0 Å². The van der Waals surface area contributed by atoms with Crippen LogP contribution in [0.5, 0.6) is 17.2 Å². The van der Waals surface area contributed by atoms with E-state index in [1.54, 1.807) is 26.4 Å². The summed E-state index contributed by atoms with van der Waals surface area (Å²) in [5.41, 5.74) is 2.53. The molecule has 35 heavy (non-hydrogen) atoms. The van der Waals surface area contributed by atoms with E-state index in [4.69, 9.17) is 19.6 Å². The third kappa shape index (κ3) is 5.22. The molecule has 0 saturated heterocycles. The summed E-state index contributed by atoms with van der Waals surface area (Å²) in [5, 5.41) is 14.4. The van der Waals surface area contributed by atoms with Crippen molar-refractivity contribution in [2.24, 2.45) is 5.10 Å². The van der Waals surface area contributed by atoms with Crippen LogP contribution >= 0.6 is 0 Å². The van der Waals surface area contributed by atoms with Crippen LogP contribution in [0.25, 0.3) is 0 Å². The zero-order valence-electron chi connectivity index (χ0n) is 19.6. The highest BCUT2D eigenvalue weighted by molar-refractivity contribution is 7.90. The molecule has 0 saturated carbocycles.